The first-order valence-electron chi connectivity index (χ1n) is 7.34. The van der Waals surface area contributed by atoms with Crippen molar-refractivity contribution in [1.82, 2.24) is 14.6 Å². The minimum absolute atomic E-state index is 0.165. The predicted octanol–water partition coefficient (Wildman–Crippen LogP) is -2.35. The third-order valence-corrected chi connectivity index (χ3v) is 4.06. The molecule has 11 nitrogen and oxygen atoms in total. The molecule has 0 bridgehead atoms. The molecule has 132 valence electrons. The molecule has 0 unspecified atom stereocenters. The number of carbonyl (C=O) groups excluding carboxylic acids is 1. The van der Waals surface area contributed by atoms with Crippen molar-refractivity contribution in [3.8, 4) is 6.07 Å². The van der Waals surface area contributed by atoms with Gasteiger partial charge in [-0.3, -0.25) is 4.79 Å². The van der Waals surface area contributed by atoms with Crippen LogP contribution in [-0.2, 0) is 19.9 Å². The number of ether oxygens (including phenoxy) is 2. The van der Waals surface area contributed by atoms with Gasteiger partial charge in [-0.2, -0.15) is 10.4 Å². The first kappa shape index (κ1) is 17.1. The van der Waals surface area contributed by atoms with E-state index in [9.17, 15) is 20.3 Å². The van der Waals surface area contributed by atoms with Crippen LogP contribution >= 0.6 is 0 Å². The Hall–Kier alpha value is -2.78. The lowest BCUT2D eigenvalue weighted by Gasteiger charge is -2.24. The lowest BCUT2D eigenvalue weighted by Crippen LogP contribution is -2.41. The van der Waals surface area contributed by atoms with Gasteiger partial charge in [0.25, 0.3) is 0 Å². The number of nitrogens with zero attached hydrogens (tertiary/aromatic N) is 4. The summed E-state index contributed by atoms with van der Waals surface area (Å²) in [6, 6.07) is 4.94. The number of anilines is 1. The first-order chi connectivity index (χ1) is 11.9. The van der Waals surface area contributed by atoms with Gasteiger partial charge in [0.15, 0.2) is 5.82 Å². The lowest BCUT2D eigenvalue weighted by molar-refractivity contribution is -0.148. The van der Waals surface area contributed by atoms with Gasteiger partial charge in [-0.15, -0.1) is 0 Å². The van der Waals surface area contributed by atoms with E-state index >= 15 is 0 Å². The molecule has 25 heavy (non-hydrogen) atoms. The molecule has 1 fully saturated rings. The largest absolute Gasteiger partial charge is 0.462 e. The topological polar surface area (TPSA) is 182 Å². The van der Waals surface area contributed by atoms with Gasteiger partial charge in [-0.05, 0) is 12.1 Å². The van der Waals surface area contributed by atoms with Crippen molar-refractivity contribution in [2.75, 3.05) is 18.9 Å². The number of rotatable bonds is 4. The zero-order valence-corrected chi connectivity index (χ0v) is 12.9. The molecule has 3 rings (SSSR count). The highest BCUT2D eigenvalue weighted by molar-refractivity contribution is 5.71. The molecule has 1 aliphatic rings. The molecule has 6 N–H and O–H groups in total. The molecule has 1 aliphatic heterocycles. The maximum absolute atomic E-state index is 11.2. The highest BCUT2D eigenvalue weighted by Gasteiger charge is 2.57. The summed E-state index contributed by atoms with van der Waals surface area (Å²) < 4.78 is 11.7. The highest BCUT2D eigenvalue weighted by Crippen LogP contribution is 2.40. The Kier molecular flexibility index (Phi) is 4.27. The summed E-state index contributed by atoms with van der Waals surface area (Å²) in [7, 11) is 0. The first-order valence-corrected chi connectivity index (χ1v) is 7.34. The summed E-state index contributed by atoms with van der Waals surface area (Å²) in [5.74, 6) is -0.524. The molecule has 0 radical (unpaired) electrons. The zero-order valence-electron chi connectivity index (χ0n) is 12.9. The summed E-state index contributed by atoms with van der Waals surface area (Å²) in [6.07, 6.45) is -2.99. The molecule has 4 atom stereocenters. The van der Waals surface area contributed by atoms with E-state index in [0.29, 0.717) is 5.52 Å². The molecule has 0 aromatic carbocycles. The quantitative estimate of drug-likeness (QED) is 0.436. The molecule has 11 heteroatoms. The third kappa shape index (κ3) is 2.57. The molecule has 2 aromatic heterocycles. The van der Waals surface area contributed by atoms with Crippen LogP contribution in [0, 0.1) is 11.3 Å². The van der Waals surface area contributed by atoms with Crippen molar-refractivity contribution in [3.05, 3.63) is 24.2 Å². The molecule has 0 saturated carbocycles. The maximum Gasteiger partial charge on any atom is 0.319 e. The summed E-state index contributed by atoms with van der Waals surface area (Å²) in [6.45, 7) is -0.702. The van der Waals surface area contributed by atoms with Crippen LogP contribution in [0.25, 0.3) is 5.52 Å². The van der Waals surface area contributed by atoms with Gasteiger partial charge in [-0.1, -0.05) is 0 Å². The van der Waals surface area contributed by atoms with Crippen molar-refractivity contribution in [2.24, 2.45) is 5.73 Å². The maximum atomic E-state index is 11.2. The van der Waals surface area contributed by atoms with Gasteiger partial charge in [-0.25, -0.2) is 9.50 Å². The number of esters is 1. The van der Waals surface area contributed by atoms with E-state index in [1.165, 1.54) is 16.9 Å². The Morgan fingerprint density at radius 3 is 2.96 bits per heavy atom. The molecular formula is C14H16N6O5. The number of carbonyl (C=O) groups is 1. The average molecular weight is 348 g/mol. The monoisotopic (exact) mass is 348 g/mol. The van der Waals surface area contributed by atoms with Gasteiger partial charge in [0.2, 0.25) is 5.60 Å². The number of aliphatic hydroxyl groups excluding tert-OH is 2. The number of hydrogen-bond acceptors (Lipinski definition) is 10. The van der Waals surface area contributed by atoms with Crippen molar-refractivity contribution in [2.45, 2.75) is 23.9 Å². The number of nitriles is 1. The summed E-state index contributed by atoms with van der Waals surface area (Å²) in [4.78, 5) is 15.0. The van der Waals surface area contributed by atoms with Gasteiger partial charge in [0, 0.05) is 0 Å². The predicted molar refractivity (Wildman–Crippen MR) is 81.6 cm³/mol. The molecule has 2 aromatic rings. The van der Waals surface area contributed by atoms with E-state index in [1.54, 1.807) is 6.07 Å². The van der Waals surface area contributed by atoms with Crippen LogP contribution in [0.1, 0.15) is 5.69 Å². The number of fused-ring (bicyclic) bond motifs is 1. The SMILES string of the molecule is N#C[C@@]1(c2ccc3c(N)ncnn23)O[C@H](COC(=O)CN)[C@@H](O)[C@H]1O. The minimum Gasteiger partial charge on any atom is -0.462 e. The number of hydrogen-bond donors (Lipinski definition) is 4. The number of nitrogen functional groups attached to an aromatic ring is 1. The fourth-order valence-corrected chi connectivity index (χ4v) is 2.78. The van der Waals surface area contributed by atoms with Gasteiger partial charge >= 0.3 is 5.97 Å². The number of nitrogens with two attached hydrogens (primary N) is 2. The van der Waals surface area contributed by atoms with Gasteiger partial charge < -0.3 is 31.2 Å². The van der Waals surface area contributed by atoms with E-state index in [0.717, 1.165) is 0 Å². The zero-order chi connectivity index (χ0) is 18.2. The van der Waals surface area contributed by atoms with Crippen LogP contribution in [-0.4, -0.2) is 62.2 Å². The van der Waals surface area contributed by atoms with Crippen LogP contribution in [0.2, 0.25) is 0 Å². The van der Waals surface area contributed by atoms with Crippen molar-refractivity contribution in [1.29, 1.82) is 5.26 Å². The third-order valence-electron chi connectivity index (χ3n) is 4.06. The number of aromatic nitrogens is 3. The van der Waals surface area contributed by atoms with Gasteiger partial charge in [0.1, 0.15) is 42.8 Å². The van der Waals surface area contributed by atoms with Crippen LogP contribution in [0.4, 0.5) is 5.82 Å². The van der Waals surface area contributed by atoms with Crippen molar-refractivity contribution in [3.63, 3.8) is 0 Å². The fourth-order valence-electron chi connectivity index (χ4n) is 2.78. The van der Waals surface area contributed by atoms with E-state index in [4.69, 9.17) is 20.9 Å². The van der Waals surface area contributed by atoms with Crippen molar-refractivity contribution >= 4 is 17.3 Å². The average Bonchev–Trinajstić information content (AvgIpc) is 3.16. The van der Waals surface area contributed by atoms with E-state index < -0.39 is 29.9 Å². The normalized spacial score (nSPS) is 28.8. The number of aliphatic hydroxyl groups is 2. The Balaban J connectivity index is 1.98. The van der Waals surface area contributed by atoms with E-state index in [1.807, 2.05) is 6.07 Å². The second kappa shape index (κ2) is 6.26. The Labute approximate surface area is 141 Å². The van der Waals surface area contributed by atoms with E-state index in [-0.39, 0.29) is 24.7 Å². The second-order valence-electron chi connectivity index (χ2n) is 5.49. The fraction of sp³-hybridized carbons (Fsp3) is 0.429. The summed E-state index contributed by atoms with van der Waals surface area (Å²) in [5.41, 5.74) is 9.56. The second-order valence-corrected chi connectivity index (χ2v) is 5.49. The molecule has 0 spiro atoms. The standard InChI is InChI=1S/C14H16N6O5/c15-3-10(21)24-4-8-11(22)12(23)14(5-16,25-8)9-2-1-7-13(17)18-6-19-20(7)9/h1-2,6,8,11-12,22-23H,3-4,15H2,(H2,17,18,19)/t8-,11-,12-,14+/m1/s1. The summed E-state index contributed by atoms with van der Waals surface area (Å²) >= 11 is 0. The molecule has 0 aliphatic carbocycles. The molecule has 1 saturated heterocycles. The van der Waals surface area contributed by atoms with Gasteiger partial charge in [0.05, 0.1) is 12.2 Å². The smallest absolute Gasteiger partial charge is 0.319 e. The Morgan fingerprint density at radius 2 is 2.28 bits per heavy atom. The van der Waals surface area contributed by atoms with Crippen LogP contribution in [0.3, 0.4) is 0 Å². The van der Waals surface area contributed by atoms with Crippen LogP contribution < -0.4 is 11.5 Å². The molecule has 3 heterocycles. The molecule has 0 amide bonds. The molecular weight excluding hydrogens is 332 g/mol. The summed E-state index contributed by atoms with van der Waals surface area (Å²) in [5, 5.41) is 34.4. The van der Waals surface area contributed by atoms with E-state index in [2.05, 4.69) is 10.1 Å². The minimum atomic E-state index is -1.92. The Morgan fingerprint density at radius 1 is 1.52 bits per heavy atom. The lowest BCUT2D eigenvalue weighted by atomic mass is 9.92. The van der Waals surface area contributed by atoms with Crippen LogP contribution in [0.5, 0.6) is 0 Å². The van der Waals surface area contributed by atoms with Crippen LogP contribution in [0.15, 0.2) is 18.5 Å². The highest BCUT2D eigenvalue weighted by atomic mass is 16.6. The Bertz CT molecular complexity index is 848. The van der Waals surface area contributed by atoms with Crippen molar-refractivity contribution < 1.29 is 24.5 Å².